The third-order valence-electron chi connectivity index (χ3n) is 2.83. The fourth-order valence-corrected chi connectivity index (χ4v) is 1.71. The van der Waals surface area contributed by atoms with E-state index in [-0.39, 0.29) is 13.0 Å². The molecule has 1 amide bonds. The van der Waals surface area contributed by atoms with E-state index in [2.05, 4.69) is 4.98 Å². The van der Waals surface area contributed by atoms with Crippen LogP contribution >= 0.6 is 0 Å². The smallest absolute Gasteiger partial charge is 0.328 e. The van der Waals surface area contributed by atoms with Crippen molar-refractivity contribution < 1.29 is 14.6 Å². The lowest BCUT2D eigenvalue weighted by molar-refractivity contribution is -0.119. The van der Waals surface area contributed by atoms with E-state index in [9.17, 15) is 19.5 Å². The standard InChI is InChI=1S/C10H13N3O5/c1-5-4-13(9(16)12-8(5)15)3-2-10(17)6(18-10)7(11)14/h4,6,17H,2-3H2,1H3,(H2,11,14)(H,12,15,16)/t6-,10+/m1/s1. The van der Waals surface area contributed by atoms with E-state index in [0.29, 0.717) is 5.56 Å². The molecule has 0 aliphatic carbocycles. The maximum atomic E-state index is 11.4. The Labute approximate surface area is 101 Å². The average molecular weight is 255 g/mol. The third kappa shape index (κ3) is 2.20. The molecule has 0 saturated carbocycles. The van der Waals surface area contributed by atoms with Crippen molar-refractivity contribution in [2.45, 2.75) is 31.8 Å². The van der Waals surface area contributed by atoms with Crippen LogP contribution in [0.15, 0.2) is 15.8 Å². The highest BCUT2D eigenvalue weighted by Gasteiger charge is 2.58. The fraction of sp³-hybridized carbons (Fsp3) is 0.500. The van der Waals surface area contributed by atoms with Crippen molar-refractivity contribution in [2.75, 3.05) is 0 Å². The van der Waals surface area contributed by atoms with Crippen molar-refractivity contribution >= 4 is 5.91 Å². The molecule has 1 aromatic rings. The monoisotopic (exact) mass is 255 g/mol. The minimum Gasteiger partial charge on any atom is -0.367 e. The topological polar surface area (TPSA) is 131 Å². The number of rotatable bonds is 4. The van der Waals surface area contributed by atoms with Gasteiger partial charge in [-0.15, -0.1) is 0 Å². The average Bonchev–Trinajstić information content (AvgIpc) is 2.95. The van der Waals surface area contributed by atoms with Crippen LogP contribution in [0.1, 0.15) is 12.0 Å². The lowest BCUT2D eigenvalue weighted by atomic mass is 10.2. The zero-order chi connectivity index (χ0) is 13.5. The summed E-state index contributed by atoms with van der Waals surface area (Å²) in [6.45, 7) is 1.67. The SMILES string of the molecule is Cc1cn(CC[C@]2(O)O[C@@H]2C(N)=O)c(=O)[nH]c1=O. The number of nitrogens with zero attached hydrogens (tertiary/aromatic N) is 1. The number of amides is 1. The highest BCUT2D eigenvalue weighted by molar-refractivity contribution is 5.82. The predicted octanol–water partition coefficient (Wildman–Crippen LogP) is -2.19. The number of aliphatic hydroxyl groups is 1. The van der Waals surface area contributed by atoms with Crippen molar-refractivity contribution in [1.29, 1.82) is 0 Å². The molecule has 8 heteroatoms. The van der Waals surface area contributed by atoms with E-state index in [0.717, 1.165) is 0 Å². The molecule has 1 aromatic heterocycles. The number of hydrogen-bond acceptors (Lipinski definition) is 5. The summed E-state index contributed by atoms with van der Waals surface area (Å²) < 4.78 is 6.01. The molecule has 0 aromatic carbocycles. The van der Waals surface area contributed by atoms with Crippen LogP contribution in [0.3, 0.4) is 0 Å². The van der Waals surface area contributed by atoms with Crippen LogP contribution in [0, 0.1) is 6.92 Å². The lowest BCUT2D eigenvalue weighted by Gasteiger charge is -2.07. The van der Waals surface area contributed by atoms with Gasteiger partial charge in [0.2, 0.25) is 5.79 Å². The first-order chi connectivity index (χ1) is 8.33. The second-order valence-electron chi connectivity index (χ2n) is 4.26. The van der Waals surface area contributed by atoms with Crippen LogP contribution in [0.4, 0.5) is 0 Å². The second kappa shape index (κ2) is 4.07. The molecule has 4 N–H and O–H groups in total. The van der Waals surface area contributed by atoms with Crippen molar-refractivity contribution in [3.63, 3.8) is 0 Å². The molecule has 1 aliphatic heterocycles. The van der Waals surface area contributed by atoms with Gasteiger partial charge in [0.05, 0.1) is 0 Å². The number of carbonyl (C=O) groups excluding carboxylic acids is 1. The number of aryl methyl sites for hydroxylation is 2. The van der Waals surface area contributed by atoms with E-state index < -0.39 is 29.0 Å². The quantitative estimate of drug-likeness (QED) is 0.526. The summed E-state index contributed by atoms with van der Waals surface area (Å²) in [6.07, 6.45) is 0.384. The fourth-order valence-electron chi connectivity index (χ4n) is 1.71. The van der Waals surface area contributed by atoms with Gasteiger partial charge in [-0.05, 0) is 6.92 Å². The van der Waals surface area contributed by atoms with E-state index in [4.69, 9.17) is 10.5 Å². The van der Waals surface area contributed by atoms with Crippen LogP contribution in [0.2, 0.25) is 0 Å². The summed E-state index contributed by atoms with van der Waals surface area (Å²) in [5.74, 6) is -2.35. The largest absolute Gasteiger partial charge is 0.367 e. The van der Waals surface area contributed by atoms with Crippen LogP contribution in [-0.4, -0.2) is 32.5 Å². The van der Waals surface area contributed by atoms with Gasteiger partial charge in [0, 0.05) is 24.7 Å². The van der Waals surface area contributed by atoms with Crippen LogP contribution in [0.5, 0.6) is 0 Å². The van der Waals surface area contributed by atoms with Gasteiger partial charge in [0.15, 0.2) is 6.10 Å². The highest BCUT2D eigenvalue weighted by atomic mass is 16.7. The maximum absolute atomic E-state index is 11.4. The van der Waals surface area contributed by atoms with Crippen molar-refractivity contribution in [1.82, 2.24) is 9.55 Å². The molecule has 0 spiro atoms. The van der Waals surface area contributed by atoms with Gasteiger partial charge in [-0.2, -0.15) is 0 Å². The third-order valence-corrected chi connectivity index (χ3v) is 2.83. The van der Waals surface area contributed by atoms with E-state index >= 15 is 0 Å². The molecule has 2 heterocycles. The lowest BCUT2D eigenvalue weighted by Crippen LogP contribution is -2.33. The van der Waals surface area contributed by atoms with Gasteiger partial charge < -0.3 is 20.1 Å². The van der Waals surface area contributed by atoms with Gasteiger partial charge >= 0.3 is 5.69 Å². The molecule has 18 heavy (non-hydrogen) atoms. The van der Waals surface area contributed by atoms with Gasteiger partial charge in [0.1, 0.15) is 0 Å². The number of primary amides is 1. The minimum absolute atomic E-state index is 0.0337. The first-order valence-electron chi connectivity index (χ1n) is 5.33. The highest BCUT2D eigenvalue weighted by Crippen LogP contribution is 2.36. The normalized spacial score (nSPS) is 26.0. The van der Waals surface area contributed by atoms with Crippen LogP contribution < -0.4 is 17.0 Å². The maximum Gasteiger partial charge on any atom is 0.328 e. The predicted molar refractivity (Wildman–Crippen MR) is 59.7 cm³/mol. The first-order valence-corrected chi connectivity index (χ1v) is 5.33. The molecule has 0 unspecified atom stereocenters. The van der Waals surface area contributed by atoms with Crippen molar-refractivity contribution in [2.24, 2.45) is 5.73 Å². The zero-order valence-electron chi connectivity index (χ0n) is 9.67. The van der Waals surface area contributed by atoms with Crippen LogP contribution in [-0.2, 0) is 16.1 Å². The summed E-state index contributed by atoms with van der Waals surface area (Å²) in [5.41, 5.74) is 4.33. The Morgan fingerprint density at radius 2 is 2.33 bits per heavy atom. The number of epoxide rings is 1. The summed E-state index contributed by atoms with van der Waals surface area (Å²) in [6, 6.07) is 0. The molecule has 1 aliphatic rings. The summed E-state index contributed by atoms with van der Waals surface area (Å²) >= 11 is 0. The molecule has 2 atom stereocenters. The number of H-pyrrole nitrogens is 1. The van der Waals surface area contributed by atoms with Gasteiger partial charge in [-0.1, -0.05) is 0 Å². The first kappa shape index (κ1) is 12.5. The number of nitrogens with one attached hydrogen (secondary N) is 1. The summed E-state index contributed by atoms with van der Waals surface area (Å²) in [4.78, 5) is 35.5. The number of ether oxygens (including phenoxy) is 1. The minimum atomic E-state index is -1.60. The Hall–Kier alpha value is -1.93. The van der Waals surface area contributed by atoms with E-state index in [1.165, 1.54) is 10.8 Å². The second-order valence-corrected chi connectivity index (χ2v) is 4.26. The molecular weight excluding hydrogens is 242 g/mol. The Morgan fingerprint density at radius 1 is 1.67 bits per heavy atom. The molecule has 1 saturated heterocycles. The zero-order valence-corrected chi connectivity index (χ0v) is 9.67. The Kier molecular flexibility index (Phi) is 2.83. The molecule has 98 valence electrons. The van der Waals surface area contributed by atoms with Gasteiger partial charge in [0.25, 0.3) is 11.5 Å². The van der Waals surface area contributed by atoms with E-state index in [1.807, 2.05) is 0 Å². The molecule has 8 nitrogen and oxygen atoms in total. The molecule has 0 radical (unpaired) electrons. The van der Waals surface area contributed by atoms with Gasteiger partial charge in [-0.3, -0.25) is 14.6 Å². The van der Waals surface area contributed by atoms with Crippen LogP contribution in [0.25, 0.3) is 0 Å². The molecule has 0 bridgehead atoms. The van der Waals surface area contributed by atoms with Crippen molar-refractivity contribution in [3.05, 3.63) is 32.6 Å². The summed E-state index contributed by atoms with van der Waals surface area (Å²) in [5, 5.41) is 9.72. The van der Waals surface area contributed by atoms with Crippen molar-refractivity contribution in [3.8, 4) is 0 Å². The Bertz CT molecular complexity index is 604. The molecule has 2 rings (SSSR count). The number of aromatic amines is 1. The summed E-state index contributed by atoms with van der Waals surface area (Å²) in [7, 11) is 0. The number of nitrogens with two attached hydrogens (primary N) is 1. The van der Waals surface area contributed by atoms with Gasteiger partial charge in [-0.25, -0.2) is 4.79 Å². The molecule has 1 fully saturated rings. The Morgan fingerprint density at radius 3 is 2.89 bits per heavy atom. The number of aromatic nitrogens is 2. The Balaban J connectivity index is 2.09. The number of carbonyl (C=O) groups is 1. The molecular formula is C10H13N3O5. The van der Waals surface area contributed by atoms with E-state index in [1.54, 1.807) is 6.92 Å². The number of hydrogen-bond donors (Lipinski definition) is 3.